The van der Waals surface area contributed by atoms with E-state index in [2.05, 4.69) is 29.9 Å². The number of halogens is 1. The van der Waals surface area contributed by atoms with Gasteiger partial charge in [0.15, 0.2) is 10.9 Å². The number of nitriles is 1. The summed E-state index contributed by atoms with van der Waals surface area (Å²) in [6, 6.07) is 13.9. The highest BCUT2D eigenvalue weighted by molar-refractivity contribution is 7.98. The Kier molecular flexibility index (Phi) is 14.0. The van der Waals surface area contributed by atoms with Crippen LogP contribution in [0.25, 0.3) is 0 Å². The van der Waals surface area contributed by atoms with Crippen LogP contribution in [0.1, 0.15) is 61.8 Å². The Bertz CT molecular complexity index is 1350. The van der Waals surface area contributed by atoms with E-state index < -0.39 is 11.4 Å². The Morgan fingerprint density at radius 1 is 0.953 bits per heavy atom. The van der Waals surface area contributed by atoms with Gasteiger partial charge in [-0.1, -0.05) is 49.3 Å². The minimum atomic E-state index is -0.972. The predicted molar refractivity (Wildman–Crippen MR) is 166 cm³/mol. The molecule has 1 aromatic heterocycles. The summed E-state index contributed by atoms with van der Waals surface area (Å²) in [7, 11) is 0. The average Bonchev–Trinajstić information content (AvgIpc) is 3.01. The van der Waals surface area contributed by atoms with E-state index in [9.17, 15) is 10.1 Å². The van der Waals surface area contributed by atoms with Crippen LogP contribution in [0.2, 0.25) is 5.02 Å². The molecule has 0 saturated heterocycles. The van der Waals surface area contributed by atoms with Gasteiger partial charge in [-0.3, -0.25) is 0 Å². The normalized spacial score (nSPS) is 11.2. The van der Waals surface area contributed by atoms with E-state index in [-0.39, 0.29) is 6.61 Å². The lowest BCUT2D eigenvalue weighted by atomic mass is 9.77. The standard InChI is InChI=1S/C32H38ClN3O6S/c1-32(2,25-8-10-27(11-9-25)42-21-23-19-35-31(43-3)36-20-23)26-16-24(18-34)30(28(33)17-26)41-15-6-4-5-12-39-13-7-14-40-22-29(37)38/h8-11,16-17,19-20H,4-7,12-15,21-22H2,1-3H3,(H,37,38). The molecule has 43 heavy (non-hydrogen) atoms. The number of carboxylic acid groups (broad SMARTS) is 1. The maximum absolute atomic E-state index is 10.4. The topological polar surface area (TPSA) is 124 Å². The number of hydrogen-bond donors (Lipinski definition) is 1. The fourth-order valence-electron chi connectivity index (χ4n) is 4.19. The molecule has 0 amide bonds. The molecule has 11 heteroatoms. The highest BCUT2D eigenvalue weighted by Crippen LogP contribution is 2.38. The molecule has 0 saturated carbocycles. The molecular formula is C32H38ClN3O6S. The maximum Gasteiger partial charge on any atom is 0.329 e. The van der Waals surface area contributed by atoms with E-state index >= 15 is 0 Å². The quantitative estimate of drug-likeness (QED) is 0.0873. The van der Waals surface area contributed by atoms with Gasteiger partial charge in [0, 0.05) is 43.2 Å². The first kappa shape index (κ1) is 34.1. The van der Waals surface area contributed by atoms with E-state index in [0.717, 1.165) is 46.9 Å². The van der Waals surface area contributed by atoms with Crippen molar-refractivity contribution in [1.82, 2.24) is 9.97 Å². The van der Waals surface area contributed by atoms with Crippen molar-refractivity contribution >= 4 is 29.3 Å². The number of hydrogen-bond acceptors (Lipinski definition) is 9. The molecular weight excluding hydrogens is 590 g/mol. The molecule has 1 heterocycles. The molecule has 0 fully saturated rings. The molecule has 3 rings (SSSR count). The first-order valence-corrected chi connectivity index (χ1v) is 15.7. The molecule has 9 nitrogen and oxygen atoms in total. The zero-order valence-electron chi connectivity index (χ0n) is 24.8. The summed E-state index contributed by atoms with van der Waals surface area (Å²) >= 11 is 8.13. The lowest BCUT2D eigenvalue weighted by Gasteiger charge is -2.27. The summed E-state index contributed by atoms with van der Waals surface area (Å²) in [6.07, 6.45) is 8.69. The zero-order chi connectivity index (χ0) is 31.1. The van der Waals surface area contributed by atoms with Crippen LogP contribution in [0.5, 0.6) is 11.5 Å². The molecule has 0 spiro atoms. The lowest BCUT2D eigenvalue weighted by molar-refractivity contribution is -0.142. The van der Waals surface area contributed by atoms with Crippen LogP contribution in [-0.2, 0) is 26.3 Å². The number of aliphatic carboxylic acids is 1. The van der Waals surface area contributed by atoms with Crippen LogP contribution in [0.3, 0.4) is 0 Å². The molecule has 0 aliphatic rings. The van der Waals surface area contributed by atoms with Crippen molar-refractivity contribution in [2.45, 2.75) is 56.7 Å². The minimum absolute atomic E-state index is 0.284. The molecule has 0 unspecified atom stereocenters. The van der Waals surface area contributed by atoms with Crippen molar-refractivity contribution < 1.29 is 28.8 Å². The first-order chi connectivity index (χ1) is 20.7. The van der Waals surface area contributed by atoms with Crippen molar-refractivity contribution in [3.8, 4) is 17.6 Å². The second kappa shape index (κ2) is 17.7. The number of benzene rings is 2. The zero-order valence-corrected chi connectivity index (χ0v) is 26.4. The minimum Gasteiger partial charge on any atom is -0.491 e. The number of nitrogens with zero attached hydrogens (tertiary/aromatic N) is 3. The number of thioether (sulfide) groups is 1. The molecule has 0 aliphatic heterocycles. The van der Waals surface area contributed by atoms with Crippen molar-refractivity contribution in [3.63, 3.8) is 0 Å². The Morgan fingerprint density at radius 2 is 1.63 bits per heavy atom. The molecule has 0 atom stereocenters. The summed E-state index contributed by atoms with van der Waals surface area (Å²) in [5, 5.41) is 19.5. The summed E-state index contributed by atoms with van der Waals surface area (Å²) in [6.45, 7) is 6.22. The number of rotatable bonds is 19. The molecule has 0 bridgehead atoms. The van der Waals surface area contributed by atoms with Gasteiger partial charge < -0.3 is 24.1 Å². The van der Waals surface area contributed by atoms with E-state index in [4.69, 9.17) is 35.7 Å². The second-order valence-corrected chi connectivity index (χ2v) is 11.5. The third-order valence-electron chi connectivity index (χ3n) is 6.71. The summed E-state index contributed by atoms with van der Waals surface area (Å²) in [5.41, 5.74) is 2.84. The number of aromatic nitrogens is 2. The van der Waals surface area contributed by atoms with Crippen molar-refractivity contribution in [1.29, 1.82) is 5.26 Å². The fraction of sp³-hybridized carbons (Fsp3) is 0.438. The van der Waals surface area contributed by atoms with Gasteiger partial charge in [0.05, 0.1) is 17.2 Å². The van der Waals surface area contributed by atoms with Crippen LogP contribution in [0.4, 0.5) is 0 Å². The molecule has 3 aromatic rings. The van der Waals surface area contributed by atoms with Gasteiger partial charge in [0.25, 0.3) is 0 Å². The van der Waals surface area contributed by atoms with Crippen molar-refractivity contribution in [3.05, 3.63) is 76.1 Å². The van der Waals surface area contributed by atoms with Crippen LogP contribution in [0, 0.1) is 11.3 Å². The van der Waals surface area contributed by atoms with E-state index in [1.54, 1.807) is 12.4 Å². The highest BCUT2D eigenvalue weighted by atomic mass is 35.5. The summed E-state index contributed by atoms with van der Waals surface area (Å²) in [4.78, 5) is 18.9. The number of ether oxygens (including phenoxy) is 4. The summed E-state index contributed by atoms with van der Waals surface area (Å²) in [5.74, 6) is 0.168. The molecule has 1 N–H and O–H groups in total. The molecule has 0 aliphatic carbocycles. The number of carboxylic acids is 1. The van der Waals surface area contributed by atoms with E-state index in [1.807, 2.05) is 42.7 Å². The first-order valence-electron chi connectivity index (χ1n) is 14.1. The van der Waals surface area contributed by atoms with Crippen LogP contribution < -0.4 is 9.47 Å². The van der Waals surface area contributed by atoms with Crippen molar-refractivity contribution in [2.75, 3.05) is 39.3 Å². The molecule has 0 radical (unpaired) electrons. The van der Waals surface area contributed by atoms with Gasteiger partial charge in [0.2, 0.25) is 0 Å². The highest BCUT2D eigenvalue weighted by Gasteiger charge is 2.26. The number of carbonyl (C=O) groups is 1. The van der Waals surface area contributed by atoms with Crippen LogP contribution >= 0.6 is 23.4 Å². The van der Waals surface area contributed by atoms with Crippen LogP contribution in [0.15, 0.2) is 53.9 Å². The van der Waals surface area contributed by atoms with E-state index in [0.29, 0.717) is 55.8 Å². The second-order valence-electron chi connectivity index (χ2n) is 10.3. The Labute approximate surface area is 262 Å². The maximum atomic E-state index is 10.4. The molecule has 230 valence electrons. The Balaban J connectivity index is 1.47. The number of unbranched alkanes of at least 4 members (excludes halogenated alkanes) is 2. The van der Waals surface area contributed by atoms with Gasteiger partial charge in [-0.25, -0.2) is 14.8 Å². The van der Waals surface area contributed by atoms with Crippen LogP contribution in [-0.4, -0.2) is 60.3 Å². The predicted octanol–water partition coefficient (Wildman–Crippen LogP) is 6.69. The largest absolute Gasteiger partial charge is 0.491 e. The van der Waals surface area contributed by atoms with Crippen molar-refractivity contribution in [2.24, 2.45) is 0 Å². The van der Waals surface area contributed by atoms with Gasteiger partial charge in [0.1, 0.15) is 25.0 Å². The van der Waals surface area contributed by atoms with Gasteiger partial charge >= 0.3 is 5.97 Å². The Morgan fingerprint density at radius 3 is 2.30 bits per heavy atom. The SMILES string of the molecule is CSc1ncc(COc2ccc(C(C)(C)c3cc(Cl)c(OCCCCCOCCCOCC(=O)O)c(C#N)c3)cc2)cn1. The van der Waals surface area contributed by atoms with Gasteiger partial charge in [-0.15, -0.1) is 0 Å². The van der Waals surface area contributed by atoms with E-state index in [1.165, 1.54) is 11.8 Å². The summed E-state index contributed by atoms with van der Waals surface area (Å²) < 4.78 is 22.4. The Hall–Kier alpha value is -3.36. The monoisotopic (exact) mass is 627 g/mol. The fourth-order valence-corrected chi connectivity index (χ4v) is 4.78. The third kappa shape index (κ3) is 11.0. The van der Waals surface area contributed by atoms with Gasteiger partial charge in [-0.2, -0.15) is 5.26 Å². The average molecular weight is 628 g/mol. The van der Waals surface area contributed by atoms with Gasteiger partial charge in [-0.05, 0) is 67.3 Å². The smallest absolute Gasteiger partial charge is 0.329 e. The lowest BCUT2D eigenvalue weighted by Crippen LogP contribution is -2.19. The molecule has 2 aromatic carbocycles. The third-order valence-corrected chi connectivity index (χ3v) is 7.57.